The van der Waals surface area contributed by atoms with Crippen molar-refractivity contribution in [1.29, 1.82) is 0 Å². The molecule has 0 spiro atoms. The number of anilines is 2. The van der Waals surface area contributed by atoms with Gasteiger partial charge in [0.15, 0.2) is 0 Å². The molecule has 5 atom stereocenters. The molecule has 3 fully saturated rings. The van der Waals surface area contributed by atoms with Crippen molar-refractivity contribution >= 4 is 45.2 Å². The van der Waals surface area contributed by atoms with E-state index in [1.165, 1.54) is 0 Å². The predicted molar refractivity (Wildman–Crippen MR) is 155 cm³/mol. The van der Waals surface area contributed by atoms with E-state index in [1.807, 2.05) is 12.2 Å². The standard InChI is InChI=1S/C29H39N5O7S/c1-28(11-12-28)42(39,40)33-26(37)29-17-18(29)8-5-3-4-6-13-34(2)25(36)23-16-21(15-22(23)24(35)32-29)41-27(38)31-20-10-7-9-19(30)14-20/h5,7-10,14,18,21-23H,3-4,6,11-13,15-17,30H2,1-2H3,(H,31,38)(H,32,35)(H,33,37)/b8-5-/t18-,21-,22-,23-,29-/m1/s1. The van der Waals surface area contributed by atoms with Gasteiger partial charge in [-0.1, -0.05) is 18.2 Å². The Morgan fingerprint density at radius 1 is 1.14 bits per heavy atom. The number of allylic oxidation sites excluding steroid dienone is 1. The summed E-state index contributed by atoms with van der Waals surface area (Å²) in [4.78, 5) is 55.0. The number of sulfonamides is 1. The van der Waals surface area contributed by atoms with Crippen LogP contribution in [0.4, 0.5) is 16.2 Å². The highest BCUT2D eigenvalue weighted by atomic mass is 32.2. The van der Waals surface area contributed by atoms with E-state index in [-0.39, 0.29) is 31.1 Å². The van der Waals surface area contributed by atoms with E-state index < -0.39 is 56.2 Å². The van der Waals surface area contributed by atoms with Crippen molar-refractivity contribution in [3.8, 4) is 0 Å². The maximum Gasteiger partial charge on any atom is 0.411 e. The van der Waals surface area contributed by atoms with E-state index in [1.54, 1.807) is 43.1 Å². The molecule has 0 aromatic heterocycles. The third kappa shape index (κ3) is 6.11. The minimum absolute atomic E-state index is 0.0784. The predicted octanol–water partition coefficient (Wildman–Crippen LogP) is 2.28. The molecule has 1 aromatic carbocycles. The first-order valence-electron chi connectivity index (χ1n) is 14.5. The first-order valence-corrected chi connectivity index (χ1v) is 16.0. The Bertz CT molecular complexity index is 1410. The molecule has 0 bridgehead atoms. The molecular formula is C29H39N5O7S. The second kappa shape index (κ2) is 11.2. The number of carbonyl (C=O) groups is 4. The molecule has 3 aliphatic carbocycles. The quantitative estimate of drug-likeness (QED) is 0.293. The summed E-state index contributed by atoms with van der Waals surface area (Å²) < 4.78 is 32.6. The van der Waals surface area contributed by atoms with Crippen LogP contribution in [0.3, 0.4) is 0 Å². The number of amides is 4. The van der Waals surface area contributed by atoms with Gasteiger partial charge in [-0.05, 0) is 76.5 Å². The molecule has 1 heterocycles. The van der Waals surface area contributed by atoms with Gasteiger partial charge in [0.1, 0.15) is 11.6 Å². The summed E-state index contributed by atoms with van der Waals surface area (Å²) in [5.74, 6) is -3.56. The third-order valence-corrected chi connectivity index (χ3v) is 11.2. The van der Waals surface area contributed by atoms with E-state index in [4.69, 9.17) is 10.5 Å². The molecule has 42 heavy (non-hydrogen) atoms. The zero-order chi connectivity index (χ0) is 30.3. The van der Waals surface area contributed by atoms with E-state index in [2.05, 4.69) is 15.4 Å². The fraction of sp³-hybridized carbons (Fsp3) is 0.586. The van der Waals surface area contributed by atoms with E-state index >= 15 is 0 Å². The fourth-order valence-electron chi connectivity index (χ4n) is 5.91. The average Bonchev–Trinajstić information content (AvgIpc) is 3.80. The molecule has 1 aliphatic heterocycles. The number of hydrogen-bond donors (Lipinski definition) is 4. The van der Waals surface area contributed by atoms with Crippen molar-refractivity contribution in [3.05, 3.63) is 36.4 Å². The summed E-state index contributed by atoms with van der Waals surface area (Å²) >= 11 is 0. The number of ether oxygens (including phenoxy) is 1. The van der Waals surface area contributed by atoms with Crippen LogP contribution in [0.15, 0.2) is 36.4 Å². The number of nitrogens with two attached hydrogens (primary N) is 1. The highest BCUT2D eigenvalue weighted by molar-refractivity contribution is 7.91. The Morgan fingerprint density at radius 3 is 2.60 bits per heavy atom. The molecule has 4 amide bonds. The van der Waals surface area contributed by atoms with Crippen LogP contribution in [0.2, 0.25) is 0 Å². The summed E-state index contributed by atoms with van der Waals surface area (Å²) in [6.07, 6.45) is 6.04. The molecule has 4 aliphatic rings. The molecule has 0 unspecified atom stereocenters. The number of fused-ring (bicyclic) bond motifs is 2. The molecule has 1 aromatic rings. The van der Waals surface area contributed by atoms with Crippen LogP contribution < -0.4 is 21.1 Å². The van der Waals surface area contributed by atoms with Gasteiger partial charge in [0.25, 0.3) is 5.91 Å². The lowest BCUT2D eigenvalue weighted by molar-refractivity contribution is -0.140. The van der Waals surface area contributed by atoms with Crippen LogP contribution in [-0.4, -0.2) is 67.1 Å². The van der Waals surface area contributed by atoms with E-state index in [9.17, 15) is 27.6 Å². The van der Waals surface area contributed by atoms with E-state index in [0.717, 1.165) is 19.3 Å². The highest BCUT2D eigenvalue weighted by Gasteiger charge is 2.63. The fourth-order valence-corrected chi connectivity index (χ4v) is 7.22. The molecule has 0 radical (unpaired) electrons. The van der Waals surface area contributed by atoms with Gasteiger partial charge in [-0.3, -0.25) is 24.4 Å². The zero-order valence-corrected chi connectivity index (χ0v) is 24.7. The summed E-state index contributed by atoms with van der Waals surface area (Å²) in [5, 5.41) is 5.45. The van der Waals surface area contributed by atoms with Gasteiger partial charge in [-0.25, -0.2) is 13.2 Å². The molecule has 5 N–H and O–H groups in total. The topological polar surface area (TPSA) is 177 Å². The third-order valence-electron chi connectivity index (χ3n) is 9.04. The molecule has 0 saturated heterocycles. The number of nitrogens with zero attached hydrogens (tertiary/aromatic N) is 1. The van der Waals surface area contributed by atoms with Crippen LogP contribution in [0.25, 0.3) is 0 Å². The number of hydrogen-bond acceptors (Lipinski definition) is 8. The van der Waals surface area contributed by atoms with Crippen LogP contribution in [0, 0.1) is 17.8 Å². The van der Waals surface area contributed by atoms with Crippen LogP contribution in [0.5, 0.6) is 0 Å². The Hall–Kier alpha value is -3.61. The van der Waals surface area contributed by atoms with Gasteiger partial charge in [0.2, 0.25) is 21.8 Å². The molecular weight excluding hydrogens is 562 g/mol. The second-order valence-corrected chi connectivity index (χ2v) is 14.5. The largest absolute Gasteiger partial charge is 0.446 e. The molecule has 12 nitrogen and oxygen atoms in total. The highest BCUT2D eigenvalue weighted by Crippen LogP contribution is 2.48. The summed E-state index contributed by atoms with van der Waals surface area (Å²) in [6, 6.07) is 6.60. The summed E-state index contributed by atoms with van der Waals surface area (Å²) in [7, 11) is -2.23. The number of nitrogen functional groups attached to an aromatic ring is 1. The lowest BCUT2D eigenvalue weighted by Gasteiger charge is -2.27. The Labute approximate surface area is 245 Å². The lowest BCUT2D eigenvalue weighted by atomic mass is 9.93. The molecule has 13 heteroatoms. The Morgan fingerprint density at radius 2 is 1.88 bits per heavy atom. The van der Waals surface area contributed by atoms with Crippen molar-refractivity contribution in [2.45, 2.75) is 74.7 Å². The first kappa shape index (κ1) is 29.9. The monoisotopic (exact) mass is 601 g/mol. The van der Waals surface area contributed by atoms with Crippen LogP contribution in [0.1, 0.15) is 58.3 Å². The van der Waals surface area contributed by atoms with Gasteiger partial charge in [0, 0.05) is 30.9 Å². The van der Waals surface area contributed by atoms with Crippen molar-refractivity contribution < 1.29 is 32.3 Å². The van der Waals surface area contributed by atoms with Gasteiger partial charge >= 0.3 is 6.09 Å². The molecule has 5 rings (SSSR count). The number of carbonyl (C=O) groups excluding carboxylic acids is 4. The van der Waals surface area contributed by atoms with Crippen molar-refractivity contribution in [3.63, 3.8) is 0 Å². The van der Waals surface area contributed by atoms with Gasteiger partial charge < -0.3 is 20.7 Å². The van der Waals surface area contributed by atoms with Gasteiger partial charge in [-0.2, -0.15) is 0 Å². The molecule has 228 valence electrons. The Balaban J connectivity index is 1.35. The maximum atomic E-state index is 13.8. The average molecular weight is 602 g/mol. The Kier molecular flexibility index (Phi) is 7.99. The van der Waals surface area contributed by atoms with Gasteiger partial charge in [0.05, 0.1) is 16.6 Å². The van der Waals surface area contributed by atoms with E-state index in [0.29, 0.717) is 30.8 Å². The zero-order valence-electron chi connectivity index (χ0n) is 23.9. The number of nitrogens with one attached hydrogen (secondary N) is 3. The maximum absolute atomic E-state index is 13.8. The van der Waals surface area contributed by atoms with Crippen LogP contribution in [-0.2, 0) is 29.1 Å². The minimum atomic E-state index is -3.92. The lowest BCUT2D eigenvalue weighted by Crippen LogP contribution is -2.55. The number of benzene rings is 1. The van der Waals surface area contributed by atoms with Gasteiger partial charge in [-0.15, -0.1) is 0 Å². The summed E-state index contributed by atoms with van der Waals surface area (Å²) in [6.45, 7) is 2.11. The van der Waals surface area contributed by atoms with Crippen molar-refractivity contribution in [2.75, 3.05) is 24.6 Å². The smallest absolute Gasteiger partial charge is 0.411 e. The van der Waals surface area contributed by atoms with Crippen LogP contribution >= 0.6 is 0 Å². The normalized spacial score (nSPS) is 31.4. The first-order chi connectivity index (χ1) is 19.8. The summed E-state index contributed by atoms with van der Waals surface area (Å²) in [5.41, 5.74) is 5.26. The van der Waals surface area contributed by atoms with Crippen molar-refractivity contribution in [1.82, 2.24) is 14.9 Å². The minimum Gasteiger partial charge on any atom is -0.446 e. The second-order valence-electron chi connectivity index (χ2n) is 12.3. The molecule has 3 saturated carbocycles. The SMILES string of the molecule is CN1CCCC/C=C\[C@@H]2C[C@@]2(C(=O)NS(=O)(=O)C2(C)CC2)NC(=O)[C@@H]2C[C@@H](OC(=O)Nc3cccc(N)c3)C[C@H]2C1=O. The number of rotatable bonds is 5. The van der Waals surface area contributed by atoms with Crippen molar-refractivity contribution in [2.24, 2.45) is 17.8 Å².